The van der Waals surface area contributed by atoms with Crippen molar-refractivity contribution in [3.05, 3.63) is 66.7 Å². The molecule has 3 rings (SSSR count). The molecule has 0 saturated carbocycles. The van der Waals surface area contributed by atoms with Crippen molar-refractivity contribution in [3.8, 4) is 5.75 Å². The molecule has 0 unspecified atom stereocenters. The molecule has 1 aliphatic heterocycles. The maximum absolute atomic E-state index is 12.7. The number of phenols is 1. The zero-order chi connectivity index (χ0) is 22.4. The summed E-state index contributed by atoms with van der Waals surface area (Å²) >= 11 is 0. The lowest BCUT2D eigenvalue weighted by molar-refractivity contribution is 0.0773. The maximum atomic E-state index is 12.7. The Morgan fingerprint density at radius 3 is 2.45 bits per heavy atom. The summed E-state index contributed by atoms with van der Waals surface area (Å²) in [6, 6.07) is 15.6. The number of hydrogen-bond donors (Lipinski definition) is 1. The van der Waals surface area contributed by atoms with Crippen LogP contribution in [0.15, 0.2) is 61.2 Å². The normalized spacial score (nSPS) is 19.1. The fraction of sp³-hybridized carbons (Fsp3) is 0.423. The molecule has 5 heteroatoms. The highest BCUT2D eigenvalue weighted by Gasteiger charge is 2.31. The molecule has 166 valence electrons. The van der Waals surface area contributed by atoms with Gasteiger partial charge in [0, 0.05) is 61.8 Å². The molecule has 1 fully saturated rings. The van der Waals surface area contributed by atoms with Gasteiger partial charge in [-0.25, -0.2) is 0 Å². The molecule has 1 N–H and O–H groups in total. The predicted molar refractivity (Wildman–Crippen MR) is 128 cm³/mol. The summed E-state index contributed by atoms with van der Waals surface area (Å²) in [5.41, 5.74) is 2.71. The van der Waals surface area contributed by atoms with E-state index in [9.17, 15) is 9.90 Å². The molecular formula is C26H35N3O2. The van der Waals surface area contributed by atoms with E-state index in [0.717, 1.165) is 37.4 Å². The van der Waals surface area contributed by atoms with Crippen LogP contribution in [0.5, 0.6) is 5.75 Å². The van der Waals surface area contributed by atoms with Crippen LogP contribution in [0.25, 0.3) is 0 Å². The van der Waals surface area contributed by atoms with E-state index in [1.165, 1.54) is 0 Å². The van der Waals surface area contributed by atoms with E-state index in [1.54, 1.807) is 6.07 Å². The van der Waals surface area contributed by atoms with Crippen LogP contribution < -0.4 is 4.90 Å². The van der Waals surface area contributed by atoms with Crippen LogP contribution in [0.2, 0.25) is 0 Å². The number of aromatic hydroxyl groups is 1. The third-order valence-corrected chi connectivity index (χ3v) is 6.21. The van der Waals surface area contributed by atoms with Crippen molar-refractivity contribution in [2.75, 3.05) is 37.6 Å². The quantitative estimate of drug-likeness (QED) is 0.615. The van der Waals surface area contributed by atoms with E-state index < -0.39 is 0 Å². The number of piperidine rings is 1. The number of likely N-dealkylation sites (tertiary alicyclic amines) is 1. The highest BCUT2D eigenvalue weighted by atomic mass is 16.3. The smallest absolute Gasteiger partial charge is 0.253 e. The second-order valence-electron chi connectivity index (χ2n) is 8.30. The Morgan fingerprint density at radius 1 is 1.16 bits per heavy atom. The number of rotatable bonds is 8. The SMILES string of the molecule is C=CCN1CC[C@H](N(c2ccc(C(=O)N(CC)CC)cc2)c2cccc(O)c2)[C@H](C)C1. The zero-order valence-corrected chi connectivity index (χ0v) is 19.0. The van der Waals surface area contributed by atoms with Gasteiger partial charge in [-0.05, 0) is 62.6 Å². The summed E-state index contributed by atoms with van der Waals surface area (Å²) in [5, 5.41) is 10.1. The van der Waals surface area contributed by atoms with Gasteiger partial charge in [0.1, 0.15) is 5.75 Å². The molecule has 31 heavy (non-hydrogen) atoms. The van der Waals surface area contributed by atoms with Crippen LogP contribution in [0.3, 0.4) is 0 Å². The number of anilines is 2. The van der Waals surface area contributed by atoms with Gasteiger partial charge in [0.25, 0.3) is 5.91 Å². The van der Waals surface area contributed by atoms with Crippen LogP contribution in [-0.2, 0) is 0 Å². The number of amides is 1. The molecule has 2 aromatic carbocycles. The summed E-state index contributed by atoms with van der Waals surface area (Å²) < 4.78 is 0. The van der Waals surface area contributed by atoms with Crippen LogP contribution in [0, 0.1) is 5.92 Å². The third kappa shape index (κ3) is 5.28. The van der Waals surface area contributed by atoms with E-state index in [2.05, 4.69) is 23.3 Å². The average molecular weight is 422 g/mol. The highest BCUT2D eigenvalue weighted by molar-refractivity contribution is 5.94. The van der Waals surface area contributed by atoms with Gasteiger partial charge >= 0.3 is 0 Å². The summed E-state index contributed by atoms with van der Waals surface area (Å²) in [4.78, 5) is 19.3. The van der Waals surface area contributed by atoms with E-state index in [-0.39, 0.29) is 11.7 Å². The van der Waals surface area contributed by atoms with Gasteiger partial charge in [-0.15, -0.1) is 6.58 Å². The first-order chi connectivity index (χ1) is 15.0. The molecule has 5 nitrogen and oxygen atoms in total. The molecular weight excluding hydrogens is 386 g/mol. The van der Waals surface area contributed by atoms with E-state index in [1.807, 2.05) is 67.3 Å². The standard InChI is InChI=1S/C26H35N3O2/c1-5-16-27-17-15-25(20(4)19-27)29(23-9-8-10-24(30)18-23)22-13-11-21(12-14-22)26(31)28(6-2)7-3/h5,8-14,18,20,25,30H,1,6-7,15-17,19H2,2-4H3/t20-,25+/m1/s1. The fourth-order valence-electron chi connectivity index (χ4n) is 4.58. The predicted octanol–water partition coefficient (Wildman–Crippen LogP) is 4.91. The summed E-state index contributed by atoms with van der Waals surface area (Å²) in [7, 11) is 0. The number of carbonyl (C=O) groups excluding carboxylic acids is 1. The Morgan fingerprint density at radius 2 is 1.87 bits per heavy atom. The Balaban J connectivity index is 1.92. The average Bonchev–Trinajstić information content (AvgIpc) is 2.77. The first-order valence-electron chi connectivity index (χ1n) is 11.3. The van der Waals surface area contributed by atoms with Gasteiger partial charge < -0.3 is 14.9 Å². The first kappa shape index (κ1) is 22.9. The lowest BCUT2D eigenvalue weighted by atomic mass is 9.91. The van der Waals surface area contributed by atoms with Gasteiger partial charge in [-0.2, -0.15) is 0 Å². The number of hydrogen-bond acceptors (Lipinski definition) is 4. The van der Waals surface area contributed by atoms with Crippen molar-refractivity contribution in [1.29, 1.82) is 0 Å². The summed E-state index contributed by atoms with van der Waals surface area (Å²) in [5.74, 6) is 0.757. The van der Waals surface area contributed by atoms with E-state index >= 15 is 0 Å². The fourth-order valence-corrected chi connectivity index (χ4v) is 4.58. The van der Waals surface area contributed by atoms with Crippen molar-refractivity contribution < 1.29 is 9.90 Å². The van der Waals surface area contributed by atoms with Crippen LogP contribution in [-0.4, -0.2) is 59.6 Å². The number of benzene rings is 2. The molecule has 2 aromatic rings. The maximum Gasteiger partial charge on any atom is 0.253 e. The molecule has 1 heterocycles. The molecule has 0 aromatic heterocycles. The van der Waals surface area contributed by atoms with E-state index in [4.69, 9.17) is 0 Å². The lowest BCUT2D eigenvalue weighted by Gasteiger charge is -2.43. The van der Waals surface area contributed by atoms with Crippen molar-refractivity contribution in [2.24, 2.45) is 5.92 Å². The zero-order valence-electron chi connectivity index (χ0n) is 19.0. The molecule has 2 atom stereocenters. The van der Waals surface area contributed by atoms with Crippen LogP contribution in [0.4, 0.5) is 11.4 Å². The molecule has 0 bridgehead atoms. The van der Waals surface area contributed by atoms with Crippen molar-refractivity contribution in [1.82, 2.24) is 9.80 Å². The molecule has 1 aliphatic rings. The third-order valence-electron chi connectivity index (χ3n) is 6.21. The molecule has 0 radical (unpaired) electrons. The summed E-state index contributed by atoms with van der Waals surface area (Å²) in [6.07, 6.45) is 2.98. The molecule has 1 saturated heterocycles. The number of nitrogens with zero attached hydrogens (tertiary/aromatic N) is 3. The highest BCUT2D eigenvalue weighted by Crippen LogP contribution is 2.35. The minimum atomic E-state index is 0.0616. The molecule has 1 amide bonds. The van der Waals surface area contributed by atoms with Crippen LogP contribution >= 0.6 is 0 Å². The Labute approximate surface area is 186 Å². The summed E-state index contributed by atoms with van der Waals surface area (Å²) in [6.45, 7) is 14.5. The monoisotopic (exact) mass is 421 g/mol. The van der Waals surface area contributed by atoms with Crippen molar-refractivity contribution in [3.63, 3.8) is 0 Å². The van der Waals surface area contributed by atoms with Gasteiger partial charge in [-0.3, -0.25) is 9.69 Å². The minimum absolute atomic E-state index is 0.0616. The van der Waals surface area contributed by atoms with Crippen molar-refractivity contribution >= 4 is 17.3 Å². The van der Waals surface area contributed by atoms with Crippen molar-refractivity contribution in [2.45, 2.75) is 33.2 Å². The van der Waals surface area contributed by atoms with Gasteiger partial charge in [0.2, 0.25) is 0 Å². The topological polar surface area (TPSA) is 47.0 Å². The molecule has 0 spiro atoms. The minimum Gasteiger partial charge on any atom is -0.508 e. The van der Waals surface area contributed by atoms with E-state index in [0.29, 0.717) is 30.6 Å². The van der Waals surface area contributed by atoms with Gasteiger partial charge in [0.15, 0.2) is 0 Å². The van der Waals surface area contributed by atoms with Crippen LogP contribution in [0.1, 0.15) is 37.6 Å². The Hall–Kier alpha value is -2.79. The van der Waals surface area contributed by atoms with Gasteiger partial charge in [-0.1, -0.05) is 19.1 Å². The van der Waals surface area contributed by atoms with Gasteiger partial charge in [0.05, 0.1) is 0 Å². The Kier molecular flexibility index (Phi) is 7.75. The Bertz CT molecular complexity index is 876. The second kappa shape index (κ2) is 10.5. The number of carbonyl (C=O) groups is 1. The molecule has 0 aliphatic carbocycles. The first-order valence-corrected chi connectivity index (χ1v) is 11.3. The largest absolute Gasteiger partial charge is 0.508 e. The lowest BCUT2D eigenvalue weighted by Crippen LogP contribution is -2.48. The second-order valence-corrected chi connectivity index (χ2v) is 8.30. The number of phenolic OH excluding ortho intramolecular Hbond substituents is 1.